The van der Waals surface area contributed by atoms with Gasteiger partial charge in [-0.1, -0.05) is 48.5 Å². The molecule has 1 amide bonds. The Morgan fingerprint density at radius 2 is 1.86 bits per heavy atom. The number of hydrogen-bond acceptors (Lipinski definition) is 4. The van der Waals surface area contributed by atoms with Crippen LogP contribution in [0, 0.1) is 5.82 Å². The number of carbonyl (C=O) groups is 2. The number of nitrogens with one attached hydrogen (secondary N) is 1. The molecule has 0 spiro atoms. The molecule has 0 aliphatic heterocycles. The molecule has 0 bridgehead atoms. The number of fused-ring (bicyclic) bond motifs is 1. The first-order chi connectivity index (χ1) is 13.9. The molecular formula is C22H18FNO5. The number of halogens is 1. The molecule has 29 heavy (non-hydrogen) atoms. The van der Waals surface area contributed by atoms with Crippen LogP contribution in [0.2, 0.25) is 0 Å². The predicted molar refractivity (Wildman–Crippen MR) is 106 cm³/mol. The maximum atomic E-state index is 13.7. The van der Waals surface area contributed by atoms with Gasteiger partial charge in [0.2, 0.25) is 0 Å². The Kier molecular flexibility index (Phi) is 6.09. The van der Waals surface area contributed by atoms with E-state index in [1.165, 1.54) is 12.1 Å². The average Bonchev–Trinajstić information content (AvgIpc) is 2.69. The van der Waals surface area contributed by atoms with Gasteiger partial charge in [0.15, 0.2) is 11.6 Å². The molecule has 0 saturated carbocycles. The Hall–Kier alpha value is -3.87. The van der Waals surface area contributed by atoms with E-state index in [0.717, 1.165) is 29.0 Å². The van der Waals surface area contributed by atoms with E-state index in [0.29, 0.717) is 5.69 Å². The number of phenols is 1. The number of aliphatic carboxylic acids is 1. The van der Waals surface area contributed by atoms with Crippen LogP contribution in [-0.4, -0.2) is 22.3 Å². The second-order valence-electron chi connectivity index (χ2n) is 6.23. The van der Waals surface area contributed by atoms with Gasteiger partial charge in [0.25, 0.3) is 0 Å². The third-order valence-electron chi connectivity index (χ3n) is 4.23. The minimum atomic E-state index is -1.15. The van der Waals surface area contributed by atoms with Crippen LogP contribution in [0.4, 0.5) is 14.9 Å². The zero-order valence-corrected chi connectivity index (χ0v) is 15.2. The Labute approximate surface area is 165 Å². The molecule has 148 valence electrons. The fraction of sp³-hybridized carbons (Fsp3) is 0.0909. The lowest BCUT2D eigenvalue weighted by Crippen LogP contribution is -2.17. The van der Waals surface area contributed by atoms with Gasteiger partial charge in [0.1, 0.15) is 6.10 Å². The highest BCUT2D eigenvalue weighted by Gasteiger charge is 2.18. The molecule has 0 aromatic heterocycles. The van der Waals surface area contributed by atoms with Crippen LogP contribution in [0.15, 0.2) is 72.8 Å². The van der Waals surface area contributed by atoms with Gasteiger partial charge in [-0.25, -0.2) is 14.0 Å². The molecule has 0 fully saturated rings. The maximum Gasteiger partial charge on any atom is 0.412 e. The molecule has 0 saturated heterocycles. The molecular weight excluding hydrogens is 377 g/mol. The first-order valence-electron chi connectivity index (χ1n) is 8.77. The fourth-order valence-electron chi connectivity index (χ4n) is 2.87. The van der Waals surface area contributed by atoms with Crippen LogP contribution >= 0.6 is 0 Å². The van der Waals surface area contributed by atoms with Crippen LogP contribution in [0.3, 0.4) is 0 Å². The topological polar surface area (TPSA) is 95.9 Å². The SMILES string of the molecule is O=C(O)/C=C/C[C@H](OC(=O)Nc1cccc2ccccc12)c1ccc(O)c(F)c1. The van der Waals surface area contributed by atoms with Crippen LogP contribution in [0.25, 0.3) is 10.8 Å². The number of carboxylic acid groups (broad SMARTS) is 1. The first kappa shape index (κ1) is 19.9. The summed E-state index contributed by atoms with van der Waals surface area (Å²) in [4.78, 5) is 23.2. The van der Waals surface area contributed by atoms with Crippen molar-refractivity contribution in [2.75, 3.05) is 5.32 Å². The van der Waals surface area contributed by atoms with E-state index in [4.69, 9.17) is 9.84 Å². The van der Waals surface area contributed by atoms with Crippen molar-refractivity contribution >= 4 is 28.5 Å². The monoisotopic (exact) mass is 395 g/mol. The second kappa shape index (κ2) is 8.88. The molecule has 0 aliphatic carbocycles. The van der Waals surface area contributed by atoms with Crippen LogP contribution in [0.5, 0.6) is 5.75 Å². The summed E-state index contributed by atoms with van der Waals surface area (Å²) in [6, 6.07) is 16.5. The summed E-state index contributed by atoms with van der Waals surface area (Å²) in [5, 5.41) is 22.5. The highest BCUT2D eigenvalue weighted by molar-refractivity contribution is 6.00. The molecule has 0 radical (unpaired) electrons. The Morgan fingerprint density at radius 3 is 2.62 bits per heavy atom. The predicted octanol–water partition coefficient (Wildman–Crippen LogP) is 5.01. The number of ether oxygens (including phenoxy) is 1. The van der Waals surface area contributed by atoms with Gasteiger partial charge in [0, 0.05) is 17.9 Å². The Bertz CT molecular complexity index is 1070. The third-order valence-corrected chi connectivity index (χ3v) is 4.23. The number of phenolic OH excluding ortho intramolecular Hbond substituents is 1. The summed E-state index contributed by atoms with van der Waals surface area (Å²) >= 11 is 0. The summed E-state index contributed by atoms with van der Waals surface area (Å²) in [6.45, 7) is 0. The van der Waals surface area contributed by atoms with Gasteiger partial charge in [-0.15, -0.1) is 0 Å². The number of aromatic hydroxyl groups is 1. The fourth-order valence-corrected chi connectivity index (χ4v) is 2.87. The maximum absolute atomic E-state index is 13.7. The average molecular weight is 395 g/mol. The third kappa shape index (κ3) is 5.10. The lowest BCUT2D eigenvalue weighted by atomic mass is 10.1. The lowest BCUT2D eigenvalue weighted by Gasteiger charge is -2.18. The van der Waals surface area contributed by atoms with Crippen molar-refractivity contribution in [2.24, 2.45) is 0 Å². The summed E-state index contributed by atoms with van der Waals surface area (Å²) in [5.74, 6) is -2.55. The molecule has 7 heteroatoms. The molecule has 0 heterocycles. The van der Waals surface area contributed by atoms with Crippen molar-refractivity contribution in [3.63, 3.8) is 0 Å². The molecule has 3 aromatic rings. The van der Waals surface area contributed by atoms with Gasteiger partial charge in [-0.3, -0.25) is 5.32 Å². The number of hydrogen-bond donors (Lipinski definition) is 3. The minimum absolute atomic E-state index is 0.0134. The van der Waals surface area contributed by atoms with Crippen molar-refractivity contribution in [1.82, 2.24) is 0 Å². The van der Waals surface area contributed by atoms with E-state index in [-0.39, 0.29) is 12.0 Å². The van der Waals surface area contributed by atoms with Crippen molar-refractivity contribution in [2.45, 2.75) is 12.5 Å². The smallest absolute Gasteiger partial charge is 0.412 e. The van der Waals surface area contributed by atoms with Gasteiger partial charge >= 0.3 is 12.1 Å². The summed E-state index contributed by atoms with van der Waals surface area (Å²) < 4.78 is 19.2. The first-order valence-corrected chi connectivity index (χ1v) is 8.77. The normalized spacial score (nSPS) is 12.0. The summed E-state index contributed by atoms with van der Waals surface area (Å²) in [5.41, 5.74) is 0.827. The Balaban J connectivity index is 1.81. The minimum Gasteiger partial charge on any atom is -0.505 e. The quantitative estimate of drug-likeness (QED) is 0.510. The number of rotatable bonds is 6. The summed E-state index contributed by atoms with van der Waals surface area (Å²) in [6.07, 6.45) is 0.511. The van der Waals surface area contributed by atoms with Gasteiger partial charge in [-0.2, -0.15) is 0 Å². The van der Waals surface area contributed by atoms with E-state index in [1.807, 2.05) is 30.3 Å². The van der Waals surface area contributed by atoms with E-state index in [2.05, 4.69) is 5.32 Å². The second-order valence-corrected chi connectivity index (χ2v) is 6.23. The zero-order chi connectivity index (χ0) is 20.8. The van der Waals surface area contributed by atoms with E-state index >= 15 is 0 Å². The number of anilines is 1. The number of carbonyl (C=O) groups excluding carboxylic acids is 1. The van der Waals surface area contributed by atoms with Gasteiger partial charge in [0.05, 0.1) is 5.69 Å². The molecule has 6 nitrogen and oxygen atoms in total. The van der Waals surface area contributed by atoms with Crippen LogP contribution in [0.1, 0.15) is 18.1 Å². The number of carboxylic acids is 1. The lowest BCUT2D eigenvalue weighted by molar-refractivity contribution is -0.131. The molecule has 0 unspecified atom stereocenters. The standard InChI is InChI=1S/C22H18FNO5/c23-17-13-15(11-12-19(17)25)20(9-4-10-21(26)27)29-22(28)24-18-8-3-6-14-5-1-2-7-16(14)18/h1-8,10-13,20,25H,9H2,(H,24,28)(H,26,27)/b10-4+/t20-/m0/s1. The number of amides is 1. The van der Waals surface area contributed by atoms with E-state index in [9.17, 15) is 19.1 Å². The van der Waals surface area contributed by atoms with E-state index in [1.54, 1.807) is 12.1 Å². The molecule has 3 N–H and O–H groups in total. The molecule has 1 atom stereocenters. The summed E-state index contributed by atoms with van der Waals surface area (Å²) in [7, 11) is 0. The Morgan fingerprint density at radius 1 is 1.10 bits per heavy atom. The highest BCUT2D eigenvalue weighted by Crippen LogP contribution is 2.28. The van der Waals surface area contributed by atoms with Crippen molar-refractivity contribution in [1.29, 1.82) is 0 Å². The van der Waals surface area contributed by atoms with Crippen molar-refractivity contribution < 1.29 is 28.9 Å². The zero-order valence-electron chi connectivity index (χ0n) is 15.2. The highest BCUT2D eigenvalue weighted by atomic mass is 19.1. The van der Waals surface area contributed by atoms with Crippen LogP contribution in [-0.2, 0) is 9.53 Å². The van der Waals surface area contributed by atoms with Gasteiger partial charge < -0.3 is 14.9 Å². The number of benzene rings is 3. The van der Waals surface area contributed by atoms with Crippen LogP contribution < -0.4 is 5.32 Å². The molecule has 3 rings (SSSR count). The van der Waals surface area contributed by atoms with Crippen molar-refractivity contribution in [3.05, 3.63) is 84.2 Å². The largest absolute Gasteiger partial charge is 0.505 e. The molecule has 3 aromatic carbocycles. The molecule has 0 aliphatic rings. The van der Waals surface area contributed by atoms with Gasteiger partial charge in [-0.05, 0) is 29.1 Å². The van der Waals surface area contributed by atoms with Crippen molar-refractivity contribution in [3.8, 4) is 5.75 Å². The van der Waals surface area contributed by atoms with E-state index < -0.39 is 29.7 Å².